The number of carbonyl (C=O) groups excluding carboxylic acids is 1. The minimum atomic E-state index is -0.307. The highest BCUT2D eigenvalue weighted by Crippen LogP contribution is 2.35. The van der Waals surface area contributed by atoms with Gasteiger partial charge in [0.2, 0.25) is 5.91 Å². The normalized spacial score (nSPS) is 16.3. The summed E-state index contributed by atoms with van der Waals surface area (Å²) in [4.78, 5) is 12.9. The maximum Gasteiger partial charge on any atom is 0.219 e. The topological polar surface area (TPSA) is 92.6 Å². The van der Waals surface area contributed by atoms with Gasteiger partial charge < -0.3 is 21.5 Å². The van der Waals surface area contributed by atoms with Crippen molar-refractivity contribution in [3.63, 3.8) is 0 Å². The number of anilines is 1. The molecule has 0 spiro atoms. The molecule has 1 aliphatic heterocycles. The first-order valence-electron chi connectivity index (χ1n) is 5.89. The van der Waals surface area contributed by atoms with E-state index in [1.54, 1.807) is 17.9 Å². The molecule has 102 valence electrons. The van der Waals surface area contributed by atoms with Crippen LogP contribution in [0, 0.1) is 0 Å². The highest BCUT2D eigenvalue weighted by atomic mass is 35.5. The van der Waals surface area contributed by atoms with Crippen molar-refractivity contribution >= 4 is 29.3 Å². The molecule has 0 radical (unpaired) electrons. The summed E-state index contributed by atoms with van der Waals surface area (Å²) in [5, 5.41) is 9.68. The molecule has 1 aliphatic rings. The van der Waals surface area contributed by atoms with E-state index >= 15 is 0 Å². The second-order valence-electron chi connectivity index (χ2n) is 4.69. The van der Waals surface area contributed by atoms with Gasteiger partial charge in [-0.3, -0.25) is 4.79 Å². The van der Waals surface area contributed by atoms with E-state index in [2.05, 4.69) is 0 Å². The van der Waals surface area contributed by atoms with Gasteiger partial charge in [-0.2, -0.15) is 0 Å². The fourth-order valence-electron chi connectivity index (χ4n) is 2.15. The van der Waals surface area contributed by atoms with Crippen molar-refractivity contribution in [2.24, 2.45) is 5.73 Å². The number of hydrogen-bond donors (Lipinski definition) is 3. The summed E-state index contributed by atoms with van der Waals surface area (Å²) in [6, 6.07) is 3.45. The zero-order valence-corrected chi connectivity index (χ0v) is 11.3. The minimum Gasteiger partial charge on any atom is -0.495 e. The molecule has 1 heterocycles. The maximum absolute atomic E-state index is 11.2. The fraction of sp³-hybridized carbons (Fsp3) is 0.308. The molecule has 0 aromatic heterocycles. The van der Waals surface area contributed by atoms with Gasteiger partial charge >= 0.3 is 0 Å². The number of hydrogen-bond acceptors (Lipinski definition) is 4. The van der Waals surface area contributed by atoms with Gasteiger partial charge in [-0.1, -0.05) is 11.6 Å². The smallest absolute Gasteiger partial charge is 0.219 e. The number of nitrogens with zero attached hydrogens (tertiary/aromatic N) is 1. The zero-order chi connectivity index (χ0) is 14.2. The Morgan fingerprint density at radius 3 is 2.68 bits per heavy atom. The van der Waals surface area contributed by atoms with E-state index in [1.807, 2.05) is 6.07 Å². The summed E-state index contributed by atoms with van der Waals surface area (Å²) in [6.07, 6.45) is 1.39. The van der Waals surface area contributed by atoms with Crippen LogP contribution in [0.25, 0.3) is 6.08 Å². The van der Waals surface area contributed by atoms with Crippen LogP contribution in [-0.4, -0.2) is 29.0 Å². The standard InChI is InChI=1S/C13H16ClN3O2/c1-7(18)17-5-9(6-17)10-2-8(3-13(16)19)12(15)4-11(10)14/h2-4,9,19H,5-6,15-16H2,1H3/b13-3+. The SMILES string of the molecule is CC(=O)N1CC(c2cc(/C=C(\N)O)c(N)cc2Cl)C1. The van der Waals surface area contributed by atoms with E-state index in [9.17, 15) is 4.79 Å². The van der Waals surface area contributed by atoms with Crippen LogP contribution in [0.4, 0.5) is 5.69 Å². The number of aliphatic hydroxyl groups excluding tert-OH is 1. The Hall–Kier alpha value is -1.88. The molecular formula is C13H16ClN3O2. The molecule has 2 rings (SSSR count). The Morgan fingerprint density at radius 1 is 1.53 bits per heavy atom. The van der Waals surface area contributed by atoms with Crippen molar-refractivity contribution in [2.75, 3.05) is 18.8 Å². The predicted molar refractivity (Wildman–Crippen MR) is 75.7 cm³/mol. The molecule has 1 amide bonds. The third-order valence-corrected chi connectivity index (χ3v) is 3.60. The van der Waals surface area contributed by atoms with Gasteiger partial charge in [-0.05, 0) is 17.7 Å². The van der Waals surface area contributed by atoms with Crippen molar-refractivity contribution in [3.05, 3.63) is 34.2 Å². The zero-order valence-electron chi connectivity index (χ0n) is 10.6. The van der Waals surface area contributed by atoms with Crippen LogP contribution in [-0.2, 0) is 4.79 Å². The van der Waals surface area contributed by atoms with Crippen LogP contribution in [0.15, 0.2) is 18.0 Å². The van der Waals surface area contributed by atoms with Crippen LogP contribution in [0.3, 0.4) is 0 Å². The average Bonchev–Trinajstić information content (AvgIpc) is 2.21. The molecule has 1 fully saturated rings. The summed E-state index contributed by atoms with van der Waals surface area (Å²) < 4.78 is 0. The molecule has 0 atom stereocenters. The third kappa shape index (κ3) is 2.76. The summed E-state index contributed by atoms with van der Waals surface area (Å²) in [5.74, 6) is -0.0504. The lowest BCUT2D eigenvalue weighted by atomic mass is 9.89. The molecule has 5 N–H and O–H groups in total. The molecule has 5 nitrogen and oxygen atoms in total. The van der Waals surface area contributed by atoms with Gasteiger partial charge in [0.1, 0.15) is 0 Å². The van der Waals surface area contributed by atoms with Gasteiger partial charge in [-0.25, -0.2) is 0 Å². The van der Waals surface area contributed by atoms with Crippen molar-refractivity contribution < 1.29 is 9.90 Å². The van der Waals surface area contributed by atoms with Crippen molar-refractivity contribution in [1.82, 2.24) is 4.90 Å². The average molecular weight is 282 g/mol. The molecule has 0 aliphatic carbocycles. The molecule has 0 bridgehead atoms. The van der Waals surface area contributed by atoms with Crippen LogP contribution >= 0.6 is 11.6 Å². The Bertz CT molecular complexity index is 547. The number of nitrogens with two attached hydrogens (primary N) is 2. The van der Waals surface area contributed by atoms with Crippen LogP contribution in [0.1, 0.15) is 24.0 Å². The lowest BCUT2D eigenvalue weighted by molar-refractivity contribution is -0.133. The first-order chi connectivity index (χ1) is 8.88. The van der Waals surface area contributed by atoms with Gasteiger partial charge in [0, 0.05) is 48.3 Å². The maximum atomic E-state index is 11.2. The molecule has 6 heteroatoms. The van der Waals surface area contributed by atoms with E-state index in [0.717, 1.165) is 5.56 Å². The highest BCUT2D eigenvalue weighted by molar-refractivity contribution is 6.31. The Kier molecular flexibility index (Phi) is 3.57. The van der Waals surface area contributed by atoms with E-state index < -0.39 is 0 Å². The fourth-order valence-corrected chi connectivity index (χ4v) is 2.48. The molecule has 0 unspecified atom stereocenters. The number of amides is 1. The number of benzene rings is 1. The summed E-state index contributed by atoms with van der Waals surface area (Å²) in [6.45, 7) is 2.84. The van der Waals surface area contributed by atoms with Crippen LogP contribution in [0.2, 0.25) is 5.02 Å². The molecule has 0 saturated carbocycles. The third-order valence-electron chi connectivity index (χ3n) is 3.27. The van der Waals surface area contributed by atoms with E-state index in [0.29, 0.717) is 29.4 Å². The lowest BCUT2D eigenvalue weighted by Gasteiger charge is -2.39. The number of halogens is 1. The molecule has 1 aromatic carbocycles. The van der Waals surface area contributed by atoms with Gasteiger partial charge in [0.25, 0.3) is 0 Å². The molecule has 19 heavy (non-hydrogen) atoms. The van der Waals surface area contributed by atoms with E-state index in [1.165, 1.54) is 6.08 Å². The quantitative estimate of drug-likeness (QED) is 0.568. The van der Waals surface area contributed by atoms with Crippen LogP contribution in [0.5, 0.6) is 0 Å². The van der Waals surface area contributed by atoms with Gasteiger partial charge in [0.05, 0.1) is 0 Å². The first-order valence-corrected chi connectivity index (χ1v) is 6.27. The van der Waals surface area contributed by atoms with E-state index in [-0.39, 0.29) is 17.7 Å². The monoisotopic (exact) mass is 281 g/mol. The molecule has 1 saturated heterocycles. The summed E-state index contributed by atoms with van der Waals surface area (Å²) in [7, 11) is 0. The Morgan fingerprint density at radius 2 is 2.16 bits per heavy atom. The largest absolute Gasteiger partial charge is 0.495 e. The van der Waals surface area contributed by atoms with Crippen molar-refractivity contribution in [2.45, 2.75) is 12.8 Å². The van der Waals surface area contributed by atoms with E-state index in [4.69, 9.17) is 28.2 Å². The predicted octanol–water partition coefficient (Wildman–Crippen LogP) is 1.68. The second-order valence-corrected chi connectivity index (χ2v) is 5.10. The summed E-state index contributed by atoms with van der Waals surface area (Å²) in [5.41, 5.74) is 13.0. The number of likely N-dealkylation sites (tertiary alicyclic amines) is 1. The molecule has 1 aromatic rings. The van der Waals surface area contributed by atoms with Crippen molar-refractivity contribution in [1.29, 1.82) is 0 Å². The minimum absolute atomic E-state index is 0.0579. The van der Waals surface area contributed by atoms with Gasteiger partial charge in [0.15, 0.2) is 5.88 Å². The number of rotatable bonds is 2. The summed E-state index contributed by atoms with van der Waals surface area (Å²) >= 11 is 6.17. The lowest BCUT2D eigenvalue weighted by Crippen LogP contribution is -2.47. The second kappa shape index (κ2) is 5.01. The number of aliphatic hydroxyl groups is 1. The van der Waals surface area contributed by atoms with Crippen molar-refractivity contribution in [3.8, 4) is 0 Å². The number of carbonyl (C=O) groups is 1. The number of nitrogen functional groups attached to an aromatic ring is 1. The first kappa shape index (κ1) is 13.5. The van der Waals surface area contributed by atoms with Crippen LogP contribution < -0.4 is 11.5 Å². The highest BCUT2D eigenvalue weighted by Gasteiger charge is 2.31. The Balaban J connectivity index is 2.27. The Labute approximate surface area is 116 Å². The van der Waals surface area contributed by atoms with Gasteiger partial charge in [-0.15, -0.1) is 0 Å². The molecular weight excluding hydrogens is 266 g/mol.